The molecule has 1 unspecified atom stereocenters. The zero-order valence-electron chi connectivity index (χ0n) is 17.1. The summed E-state index contributed by atoms with van der Waals surface area (Å²) in [6, 6.07) is 13.8. The molecule has 3 aromatic rings. The third-order valence-corrected chi connectivity index (χ3v) is 5.80. The normalized spacial score (nSPS) is 17.2. The highest BCUT2D eigenvalue weighted by Gasteiger charge is 2.35. The first kappa shape index (κ1) is 19.6. The number of anilines is 1. The number of amides is 1. The van der Waals surface area contributed by atoms with Gasteiger partial charge in [-0.1, -0.05) is 61.8 Å². The first-order chi connectivity index (χ1) is 13.7. The Labute approximate surface area is 175 Å². The second kappa shape index (κ2) is 7.30. The van der Waals surface area contributed by atoms with E-state index in [1.54, 1.807) is 4.90 Å². The standard InChI is InChI=1S/C23H24ClN3O2/c1-14-11-18(9-10-19(14)24)27-13-16(12-20(27)28)22-25-21(26-29-22)15-5-7-17(8-6-15)23(2,3)4/h5-11,16H,12-13H2,1-4H3. The summed E-state index contributed by atoms with van der Waals surface area (Å²) < 4.78 is 5.51. The van der Waals surface area contributed by atoms with Crippen molar-refractivity contribution in [2.24, 2.45) is 0 Å². The highest BCUT2D eigenvalue weighted by atomic mass is 35.5. The van der Waals surface area contributed by atoms with Gasteiger partial charge in [-0.25, -0.2) is 0 Å². The zero-order chi connectivity index (χ0) is 20.8. The van der Waals surface area contributed by atoms with Gasteiger partial charge in [-0.3, -0.25) is 4.79 Å². The number of carbonyl (C=O) groups excluding carboxylic acids is 1. The molecule has 1 saturated heterocycles. The highest BCUT2D eigenvalue weighted by Crippen LogP contribution is 2.33. The average molecular weight is 410 g/mol. The van der Waals surface area contributed by atoms with Gasteiger partial charge in [-0.05, 0) is 41.7 Å². The topological polar surface area (TPSA) is 59.2 Å². The molecule has 150 valence electrons. The third-order valence-electron chi connectivity index (χ3n) is 5.38. The number of hydrogen-bond donors (Lipinski definition) is 0. The fourth-order valence-corrected chi connectivity index (χ4v) is 3.67. The predicted molar refractivity (Wildman–Crippen MR) is 114 cm³/mol. The molecule has 1 aromatic heterocycles. The van der Waals surface area contributed by atoms with Crippen LogP contribution in [0.15, 0.2) is 47.0 Å². The van der Waals surface area contributed by atoms with Crippen molar-refractivity contribution in [2.45, 2.75) is 45.4 Å². The maximum absolute atomic E-state index is 12.6. The quantitative estimate of drug-likeness (QED) is 0.571. The minimum atomic E-state index is -0.117. The molecule has 1 atom stereocenters. The fraction of sp³-hybridized carbons (Fsp3) is 0.348. The number of nitrogens with zero attached hydrogens (tertiary/aromatic N) is 3. The largest absolute Gasteiger partial charge is 0.339 e. The van der Waals surface area contributed by atoms with E-state index in [1.165, 1.54) is 5.56 Å². The van der Waals surface area contributed by atoms with Gasteiger partial charge in [0.2, 0.25) is 17.6 Å². The van der Waals surface area contributed by atoms with Crippen LogP contribution in [0.25, 0.3) is 11.4 Å². The van der Waals surface area contributed by atoms with Crippen molar-refractivity contribution in [3.05, 3.63) is 64.5 Å². The van der Waals surface area contributed by atoms with Crippen LogP contribution in [0.1, 0.15) is 50.1 Å². The van der Waals surface area contributed by atoms with E-state index in [2.05, 4.69) is 43.0 Å². The molecular formula is C23H24ClN3O2. The van der Waals surface area contributed by atoms with Crippen LogP contribution in [0.4, 0.5) is 5.69 Å². The molecule has 29 heavy (non-hydrogen) atoms. The summed E-state index contributed by atoms with van der Waals surface area (Å²) in [5, 5.41) is 4.83. The maximum Gasteiger partial charge on any atom is 0.232 e. The van der Waals surface area contributed by atoms with Crippen LogP contribution in [0, 0.1) is 6.92 Å². The van der Waals surface area contributed by atoms with Crippen LogP contribution in [0.5, 0.6) is 0 Å². The van der Waals surface area contributed by atoms with Crippen LogP contribution in [-0.4, -0.2) is 22.6 Å². The summed E-state index contributed by atoms with van der Waals surface area (Å²) in [5.41, 5.74) is 4.04. The first-order valence-corrected chi connectivity index (χ1v) is 10.1. The van der Waals surface area contributed by atoms with Gasteiger partial charge in [0.25, 0.3) is 0 Å². The molecule has 6 heteroatoms. The van der Waals surface area contributed by atoms with Gasteiger partial charge in [0.1, 0.15) is 0 Å². The predicted octanol–water partition coefficient (Wildman–Crippen LogP) is 5.52. The summed E-state index contributed by atoms with van der Waals surface area (Å²) >= 11 is 6.11. The lowest BCUT2D eigenvalue weighted by molar-refractivity contribution is -0.117. The van der Waals surface area contributed by atoms with E-state index in [4.69, 9.17) is 16.1 Å². The van der Waals surface area contributed by atoms with E-state index in [-0.39, 0.29) is 17.2 Å². The van der Waals surface area contributed by atoms with E-state index in [9.17, 15) is 4.79 Å². The lowest BCUT2D eigenvalue weighted by Gasteiger charge is -2.18. The molecule has 0 saturated carbocycles. The molecule has 1 aliphatic heterocycles. The third kappa shape index (κ3) is 3.92. The summed E-state index contributed by atoms with van der Waals surface area (Å²) in [4.78, 5) is 18.9. The van der Waals surface area contributed by atoms with Gasteiger partial charge in [-0.15, -0.1) is 0 Å². The van der Waals surface area contributed by atoms with Gasteiger partial charge in [0.15, 0.2) is 0 Å². The second-order valence-corrected chi connectivity index (χ2v) is 9.03. The summed E-state index contributed by atoms with van der Waals surface area (Å²) in [5.74, 6) is 0.981. The maximum atomic E-state index is 12.6. The van der Waals surface area contributed by atoms with Crippen LogP contribution in [0.3, 0.4) is 0 Å². The lowest BCUT2D eigenvalue weighted by Crippen LogP contribution is -2.24. The molecule has 1 amide bonds. The monoisotopic (exact) mass is 409 g/mol. The number of benzene rings is 2. The molecule has 0 N–H and O–H groups in total. The first-order valence-electron chi connectivity index (χ1n) is 9.73. The van der Waals surface area contributed by atoms with E-state index in [1.807, 2.05) is 37.3 Å². The SMILES string of the molecule is Cc1cc(N2CC(c3nc(-c4ccc(C(C)(C)C)cc4)no3)CC2=O)ccc1Cl. The molecule has 1 aliphatic rings. The summed E-state index contributed by atoms with van der Waals surface area (Å²) in [7, 11) is 0. The highest BCUT2D eigenvalue weighted by molar-refractivity contribution is 6.31. The van der Waals surface area contributed by atoms with Crippen molar-refractivity contribution in [3.8, 4) is 11.4 Å². The zero-order valence-corrected chi connectivity index (χ0v) is 17.8. The second-order valence-electron chi connectivity index (χ2n) is 8.62. The van der Waals surface area contributed by atoms with Crippen LogP contribution >= 0.6 is 11.6 Å². The average Bonchev–Trinajstić information content (AvgIpc) is 3.30. The number of halogens is 1. The minimum absolute atomic E-state index is 0.0472. The Balaban J connectivity index is 1.52. The Morgan fingerprint density at radius 3 is 2.52 bits per heavy atom. The van der Waals surface area contributed by atoms with Crippen molar-refractivity contribution < 1.29 is 9.32 Å². The van der Waals surface area contributed by atoms with Gasteiger partial charge >= 0.3 is 0 Å². The van der Waals surface area contributed by atoms with Crippen molar-refractivity contribution in [2.75, 3.05) is 11.4 Å². The Bertz CT molecular complexity index is 1050. The van der Waals surface area contributed by atoms with Crippen LogP contribution in [-0.2, 0) is 10.2 Å². The number of hydrogen-bond acceptors (Lipinski definition) is 4. The van der Waals surface area contributed by atoms with Crippen molar-refractivity contribution >= 4 is 23.2 Å². The van der Waals surface area contributed by atoms with E-state index >= 15 is 0 Å². The summed E-state index contributed by atoms with van der Waals surface area (Å²) in [6.07, 6.45) is 0.353. The van der Waals surface area contributed by atoms with E-state index in [0.29, 0.717) is 29.7 Å². The Morgan fingerprint density at radius 2 is 1.86 bits per heavy atom. The molecule has 1 fully saturated rings. The molecule has 5 nitrogen and oxygen atoms in total. The van der Waals surface area contributed by atoms with Gasteiger partial charge in [0.05, 0.1) is 5.92 Å². The van der Waals surface area contributed by atoms with Crippen LogP contribution < -0.4 is 4.90 Å². The Morgan fingerprint density at radius 1 is 1.14 bits per heavy atom. The number of carbonyl (C=O) groups is 1. The lowest BCUT2D eigenvalue weighted by atomic mass is 9.87. The van der Waals surface area contributed by atoms with Gasteiger partial charge in [0, 0.05) is 29.2 Å². The molecule has 0 spiro atoms. The Hall–Kier alpha value is -2.66. The smallest absolute Gasteiger partial charge is 0.232 e. The van der Waals surface area contributed by atoms with Gasteiger partial charge in [-0.2, -0.15) is 4.98 Å². The molecule has 2 heterocycles. The molecule has 0 radical (unpaired) electrons. The van der Waals surface area contributed by atoms with Crippen molar-refractivity contribution in [3.63, 3.8) is 0 Å². The van der Waals surface area contributed by atoms with Gasteiger partial charge < -0.3 is 9.42 Å². The van der Waals surface area contributed by atoms with E-state index < -0.39 is 0 Å². The van der Waals surface area contributed by atoms with Crippen molar-refractivity contribution in [1.29, 1.82) is 0 Å². The molecule has 0 bridgehead atoms. The fourth-order valence-electron chi connectivity index (χ4n) is 3.56. The minimum Gasteiger partial charge on any atom is -0.339 e. The summed E-state index contributed by atoms with van der Waals surface area (Å²) in [6.45, 7) is 8.99. The molecular weight excluding hydrogens is 386 g/mol. The number of rotatable bonds is 3. The number of aryl methyl sites for hydroxylation is 1. The van der Waals surface area contributed by atoms with Crippen LogP contribution in [0.2, 0.25) is 5.02 Å². The Kier molecular flexibility index (Phi) is 4.95. The molecule has 0 aliphatic carbocycles. The van der Waals surface area contributed by atoms with Crippen molar-refractivity contribution in [1.82, 2.24) is 10.1 Å². The molecule has 2 aromatic carbocycles. The molecule has 4 rings (SSSR count). The number of aromatic nitrogens is 2. The van der Waals surface area contributed by atoms with E-state index in [0.717, 1.165) is 16.8 Å².